The first-order valence-corrected chi connectivity index (χ1v) is 4.73. The van der Waals surface area contributed by atoms with Crippen molar-refractivity contribution in [3.63, 3.8) is 0 Å². The third kappa shape index (κ3) is 1.87. The summed E-state index contributed by atoms with van der Waals surface area (Å²) in [5, 5.41) is 10.2. The Morgan fingerprint density at radius 3 is 2.92 bits per heavy atom. The maximum atomic E-state index is 10.2. The van der Waals surface area contributed by atoms with Gasteiger partial charge in [0.1, 0.15) is 0 Å². The highest BCUT2D eigenvalue weighted by atomic mass is 16.3. The summed E-state index contributed by atoms with van der Waals surface area (Å²) in [5.41, 5.74) is -0.471. The van der Waals surface area contributed by atoms with Gasteiger partial charge in [-0.05, 0) is 6.42 Å². The highest BCUT2D eigenvalue weighted by Crippen LogP contribution is 2.26. The monoisotopic (exact) mass is 170 g/mol. The normalized spacial score (nSPS) is 42.6. The van der Waals surface area contributed by atoms with E-state index in [4.69, 9.17) is 0 Å². The fraction of sp³-hybridized carbons (Fsp3) is 0.800. The predicted molar refractivity (Wildman–Crippen MR) is 50.2 cm³/mol. The Kier molecular flexibility index (Phi) is 2.91. The first-order chi connectivity index (χ1) is 5.58. The second-order valence-corrected chi connectivity index (χ2v) is 4.16. The van der Waals surface area contributed by atoms with Gasteiger partial charge in [-0.2, -0.15) is 0 Å². The Morgan fingerprint density at radius 2 is 2.42 bits per heavy atom. The van der Waals surface area contributed by atoms with Crippen molar-refractivity contribution in [3.8, 4) is 0 Å². The molecular formula is C10H20NO+. The van der Waals surface area contributed by atoms with Crippen LogP contribution in [0.15, 0.2) is 12.7 Å². The van der Waals surface area contributed by atoms with Gasteiger partial charge in [-0.1, -0.05) is 13.0 Å². The Hall–Kier alpha value is -0.340. The number of aliphatic hydroxyl groups is 1. The molecule has 1 heterocycles. The van der Waals surface area contributed by atoms with E-state index in [2.05, 4.69) is 20.6 Å². The maximum absolute atomic E-state index is 10.2. The summed E-state index contributed by atoms with van der Waals surface area (Å²) in [5.74, 6) is 0.393. The van der Waals surface area contributed by atoms with Gasteiger partial charge in [-0.15, -0.1) is 6.58 Å². The second-order valence-electron chi connectivity index (χ2n) is 4.16. The molecule has 2 heteroatoms. The Labute approximate surface area is 74.9 Å². The van der Waals surface area contributed by atoms with Crippen molar-refractivity contribution in [3.05, 3.63) is 12.7 Å². The molecule has 1 unspecified atom stereocenters. The highest BCUT2D eigenvalue weighted by Gasteiger charge is 2.38. The van der Waals surface area contributed by atoms with Crippen LogP contribution in [0.4, 0.5) is 0 Å². The maximum Gasteiger partial charge on any atom is 0.0822 e. The Morgan fingerprint density at radius 1 is 1.75 bits per heavy atom. The fourth-order valence-corrected chi connectivity index (χ4v) is 2.04. The molecule has 70 valence electrons. The fourth-order valence-electron chi connectivity index (χ4n) is 2.04. The van der Waals surface area contributed by atoms with Gasteiger partial charge in [0.2, 0.25) is 0 Å². The van der Waals surface area contributed by atoms with E-state index in [-0.39, 0.29) is 0 Å². The molecule has 0 saturated carbocycles. The summed E-state index contributed by atoms with van der Waals surface area (Å²) in [6.45, 7) is 7.97. The molecule has 0 bridgehead atoms. The minimum absolute atomic E-state index is 0.393. The molecule has 0 aromatic heterocycles. The molecule has 1 aliphatic rings. The van der Waals surface area contributed by atoms with Crippen molar-refractivity contribution in [1.29, 1.82) is 0 Å². The molecular weight excluding hydrogens is 150 g/mol. The average molecular weight is 170 g/mol. The summed E-state index contributed by atoms with van der Waals surface area (Å²) in [7, 11) is 2.18. The molecule has 0 aromatic carbocycles. The van der Waals surface area contributed by atoms with Crippen LogP contribution in [-0.2, 0) is 0 Å². The average Bonchev–Trinajstić information content (AvgIpc) is 1.99. The first kappa shape index (κ1) is 9.75. The molecule has 1 aliphatic heterocycles. The molecule has 1 rings (SSSR count). The van der Waals surface area contributed by atoms with E-state index >= 15 is 0 Å². The van der Waals surface area contributed by atoms with E-state index in [9.17, 15) is 5.11 Å². The van der Waals surface area contributed by atoms with Crippen LogP contribution in [0, 0.1) is 5.92 Å². The zero-order chi connectivity index (χ0) is 9.19. The smallest absolute Gasteiger partial charge is 0.0822 e. The Balaban J connectivity index is 2.59. The summed E-state index contributed by atoms with van der Waals surface area (Å²) >= 11 is 0. The summed E-state index contributed by atoms with van der Waals surface area (Å²) < 4.78 is 0. The van der Waals surface area contributed by atoms with Crippen LogP contribution >= 0.6 is 0 Å². The largest absolute Gasteiger partial charge is 0.389 e. The predicted octanol–water partition coefficient (Wildman–Crippen LogP) is -0.152. The van der Waals surface area contributed by atoms with E-state index in [1.165, 1.54) is 4.90 Å². The number of piperidine rings is 1. The lowest BCUT2D eigenvalue weighted by molar-refractivity contribution is -0.891. The van der Waals surface area contributed by atoms with Gasteiger partial charge in [0.05, 0.1) is 25.7 Å². The zero-order valence-electron chi connectivity index (χ0n) is 8.14. The third-order valence-electron chi connectivity index (χ3n) is 3.05. The van der Waals surface area contributed by atoms with Crippen molar-refractivity contribution >= 4 is 0 Å². The van der Waals surface area contributed by atoms with Crippen LogP contribution in [0.2, 0.25) is 0 Å². The SMILES string of the molecule is C=CC[C@@]1(O)CC[NH+](C)C[C@H]1C. The summed E-state index contributed by atoms with van der Waals surface area (Å²) in [6, 6.07) is 0. The lowest BCUT2D eigenvalue weighted by atomic mass is 9.80. The van der Waals surface area contributed by atoms with Gasteiger partial charge >= 0.3 is 0 Å². The molecule has 3 atom stereocenters. The molecule has 0 aliphatic carbocycles. The van der Waals surface area contributed by atoms with E-state index < -0.39 is 5.60 Å². The van der Waals surface area contributed by atoms with Gasteiger partial charge in [0.15, 0.2) is 0 Å². The second kappa shape index (κ2) is 3.58. The van der Waals surface area contributed by atoms with Crippen LogP contribution in [0.3, 0.4) is 0 Å². The van der Waals surface area contributed by atoms with Gasteiger partial charge < -0.3 is 10.0 Å². The van der Waals surface area contributed by atoms with Gasteiger partial charge in [0, 0.05) is 12.3 Å². The topological polar surface area (TPSA) is 24.7 Å². The van der Waals surface area contributed by atoms with Gasteiger partial charge in [0.25, 0.3) is 0 Å². The lowest BCUT2D eigenvalue weighted by Crippen LogP contribution is -3.11. The molecule has 1 saturated heterocycles. The molecule has 0 spiro atoms. The van der Waals surface area contributed by atoms with Crippen molar-refractivity contribution in [2.24, 2.45) is 5.92 Å². The first-order valence-electron chi connectivity index (χ1n) is 4.73. The summed E-state index contributed by atoms with van der Waals surface area (Å²) in [4.78, 5) is 1.52. The van der Waals surface area contributed by atoms with Crippen LogP contribution < -0.4 is 4.90 Å². The van der Waals surface area contributed by atoms with Crippen LogP contribution in [0.1, 0.15) is 19.8 Å². The van der Waals surface area contributed by atoms with Gasteiger partial charge in [-0.25, -0.2) is 0 Å². The molecule has 0 radical (unpaired) electrons. The quantitative estimate of drug-likeness (QED) is 0.553. The van der Waals surface area contributed by atoms with E-state index in [1.54, 1.807) is 0 Å². The number of quaternary nitrogens is 1. The third-order valence-corrected chi connectivity index (χ3v) is 3.05. The molecule has 0 aromatic rings. The van der Waals surface area contributed by atoms with Crippen LogP contribution in [-0.4, -0.2) is 30.8 Å². The molecule has 2 nitrogen and oxygen atoms in total. The van der Waals surface area contributed by atoms with Crippen molar-refractivity contribution < 1.29 is 10.0 Å². The number of rotatable bonds is 2. The molecule has 1 fully saturated rings. The number of hydrogen-bond acceptors (Lipinski definition) is 1. The standard InChI is InChI=1S/C10H19NO/c1-4-5-10(12)6-7-11(3)8-9(10)2/h4,9,12H,1,5-8H2,2-3H3/p+1/t9-,10-/m1/s1. The number of likely N-dealkylation sites (tertiary alicyclic amines) is 1. The van der Waals surface area contributed by atoms with E-state index in [0.717, 1.165) is 25.9 Å². The summed E-state index contributed by atoms with van der Waals surface area (Å²) in [6.07, 6.45) is 3.48. The van der Waals surface area contributed by atoms with Crippen molar-refractivity contribution in [1.82, 2.24) is 0 Å². The van der Waals surface area contributed by atoms with Gasteiger partial charge in [-0.3, -0.25) is 0 Å². The molecule has 2 N–H and O–H groups in total. The Bertz CT molecular complexity index is 169. The number of hydrogen-bond donors (Lipinski definition) is 2. The zero-order valence-corrected chi connectivity index (χ0v) is 8.14. The molecule has 0 amide bonds. The minimum atomic E-state index is -0.471. The van der Waals surface area contributed by atoms with E-state index in [1.807, 2.05) is 6.08 Å². The van der Waals surface area contributed by atoms with Crippen LogP contribution in [0.5, 0.6) is 0 Å². The van der Waals surface area contributed by atoms with E-state index in [0.29, 0.717) is 5.92 Å². The van der Waals surface area contributed by atoms with Crippen LogP contribution in [0.25, 0.3) is 0 Å². The highest BCUT2D eigenvalue weighted by molar-refractivity contribution is 4.91. The number of nitrogens with one attached hydrogen (secondary N) is 1. The van der Waals surface area contributed by atoms with Crippen molar-refractivity contribution in [2.75, 3.05) is 20.1 Å². The molecule has 12 heavy (non-hydrogen) atoms. The van der Waals surface area contributed by atoms with Crippen molar-refractivity contribution in [2.45, 2.75) is 25.4 Å². The lowest BCUT2D eigenvalue weighted by Gasteiger charge is -2.39. The minimum Gasteiger partial charge on any atom is -0.389 e.